The van der Waals surface area contributed by atoms with Gasteiger partial charge in [0.15, 0.2) is 0 Å². The third-order valence-corrected chi connectivity index (χ3v) is 2.11. The lowest BCUT2D eigenvalue weighted by Crippen LogP contribution is -2.39. The van der Waals surface area contributed by atoms with Crippen LogP contribution in [0, 0.1) is 11.8 Å². The third kappa shape index (κ3) is 7.30. The molecule has 0 fully saturated rings. The maximum Gasteiger partial charge on any atom is 0.0591 e. The van der Waals surface area contributed by atoms with Gasteiger partial charge in [-0.3, -0.25) is 0 Å². The van der Waals surface area contributed by atoms with Gasteiger partial charge in [0, 0.05) is 19.2 Å². The average molecular weight is 203 g/mol. The van der Waals surface area contributed by atoms with E-state index in [2.05, 4.69) is 33.0 Å². The standard InChI is InChI=1S/C11H25NO2/c1-9(2)8-14-6-5-12-11(7-13)10(3)4/h9-13H,5-8H2,1-4H3. The van der Waals surface area contributed by atoms with Crippen LogP contribution in [0.2, 0.25) is 0 Å². The predicted molar refractivity (Wildman–Crippen MR) is 59.4 cm³/mol. The quantitative estimate of drug-likeness (QED) is 0.584. The summed E-state index contributed by atoms with van der Waals surface area (Å²) in [5.74, 6) is 1.05. The van der Waals surface area contributed by atoms with Gasteiger partial charge in [0.25, 0.3) is 0 Å². The number of hydrogen-bond acceptors (Lipinski definition) is 3. The van der Waals surface area contributed by atoms with Gasteiger partial charge < -0.3 is 15.2 Å². The van der Waals surface area contributed by atoms with Crippen molar-refractivity contribution in [2.75, 3.05) is 26.4 Å². The van der Waals surface area contributed by atoms with Crippen molar-refractivity contribution in [3.8, 4) is 0 Å². The Morgan fingerprint density at radius 2 is 1.86 bits per heavy atom. The molecule has 3 heteroatoms. The predicted octanol–water partition coefficient (Wildman–Crippen LogP) is 1.27. The van der Waals surface area contributed by atoms with Crippen LogP contribution in [0.3, 0.4) is 0 Å². The Labute approximate surface area is 87.8 Å². The monoisotopic (exact) mass is 203 g/mol. The zero-order valence-electron chi connectivity index (χ0n) is 9.92. The first-order valence-electron chi connectivity index (χ1n) is 5.50. The minimum absolute atomic E-state index is 0.192. The molecule has 2 N–H and O–H groups in total. The molecule has 0 radical (unpaired) electrons. The summed E-state index contributed by atoms with van der Waals surface area (Å²) >= 11 is 0. The molecule has 0 aliphatic carbocycles. The lowest BCUT2D eigenvalue weighted by atomic mass is 10.1. The van der Waals surface area contributed by atoms with Crippen LogP contribution < -0.4 is 5.32 Å². The largest absolute Gasteiger partial charge is 0.395 e. The van der Waals surface area contributed by atoms with E-state index >= 15 is 0 Å². The fraction of sp³-hybridized carbons (Fsp3) is 1.00. The van der Waals surface area contributed by atoms with Crippen molar-refractivity contribution in [3.63, 3.8) is 0 Å². The van der Waals surface area contributed by atoms with Crippen molar-refractivity contribution in [1.29, 1.82) is 0 Å². The van der Waals surface area contributed by atoms with Crippen molar-refractivity contribution < 1.29 is 9.84 Å². The minimum atomic E-state index is 0.192. The highest BCUT2D eigenvalue weighted by atomic mass is 16.5. The molecule has 86 valence electrons. The first-order valence-corrected chi connectivity index (χ1v) is 5.50. The second-order valence-corrected chi connectivity index (χ2v) is 4.46. The van der Waals surface area contributed by atoms with Crippen molar-refractivity contribution in [1.82, 2.24) is 5.32 Å². The van der Waals surface area contributed by atoms with Crippen LogP contribution in [-0.4, -0.2) is 37.5 Å². The fourth-order valence-corrected chi connectivity index (χ4v) is 1.15. The molecule has 0 amide bonds. The summed E-state index contributed by atoms with van der Waals surface area (Å²) in [7, 11) is 0. The van der Waals surface area contributed by atoms with Gasteiger partial charge in [-0.05, 0) is 11.8 Å². The fourth-order valence-electron chi connectivity index (χ4n) is 1.15. The maximum absolute atomic E-state index is 9.04. The van der Waals surface area contributed by atoms with E-state index in [-0.39, 0.29) is 12.6 Å². The molecule has 1 unspecified atom stereocenters. The first kappa shape index (κ1) is 13.9. The van der Waals surface area contributed by atoms with Gasteiger partial charge in [0.05, 0.1) is 13.2 Å². The number of ether oxygens (including phenoxy) is 1. The summed E-state index contributed by atoms with van der Waals surface area (Å²) in [6, 6.07) is 0.192. The molecule has 0 saturated carbocycles. The van der Waals surface area contributed by atoms with E-state index < -0.39 is 0 Å². The van der Waals surface area contributed by atoms with Gasteiger partial charge in [-0.1, -0.05) is 27.7 Å². The van der Waals surface area contributed by atoms with Gasteiger partial charge >= 0.3 is 0 Å². The lowest BCUT2D eigenvalue weighted by molar-refractivity contribution is 0.105. The van der Waals surface area contributed by atoms with Crippen LogP contribution in [0.15, 0.2) is 0 Å². The maximum atomic E-state index is 9.04. The van der Waals surface area contributed by atoms with Crippen LogP contribution in [-0.2, 0) is 4.74 Å². The van der Waals surface area contributed by atoms with E-state index in [1.165, 1.54) is 0 Å². The molecular formula is C11H25NO2. The van der Waals surface area contributed by atoms with E-state index in [4.69, 9.17) is 9.84 Å². The molecule has 0 aliphatic heterocycles. The normalized spacial score (nSPS) is 13.9. The smallest absolute Gasteiger partial charge is 0.0591 e. The molecule has 3 nitrogen and oxygen atoms in total. The summed E-state index contributed by atoms with van der Waals surface area (Å²) in [5.41, 5.74) is 0. The Morgan fingerprint density at radius 3 is 2.29 bits per heavy atom. The number of aliphatic hydroxyl groups excluding tert-OH is 1. The van der Waals surface area contributed by atoms with E-state index in [9.17, 15) is 0 Å². The van der Waals surface area contributed by atoms with Crippen molar-refractivity contribution >= 4 is 0 Å². The van der Waals surface area contributed by atoms with Crippen LogP contribution in [0.4, 0.5) is 0 Å². The Morgan fingerprint density at radius 1 is 1.21 bits per heavy atom. The lowest BCUT2D eigenvalue weighted by Gasteiger charge is -2.19. The van der Waals surface area contributed by atoms with Gasteiger partial charge in [-0.2, -0.15) is 0 Å². The number of rotatable bonds is 8. The summed E-state index contributed by atoms with van der Waals surface area (Å²) in [4.78, 5) is 0. The Kier molecular flexibility index (Phi) is 8.14. The van der Waals surface area contributed by atoms with Crippen LogP contribution in [0.5, 0.6) is 0 Å². The molecular weight excluding hydrogens is 178 g/mol. The van der Waals surface area contributed by atoms with Crippen molar-refractivity contribution in [2.45, 2.75) is 33.7 Å². The Balaban J connectivity index is 3.33. The van der Waals surface area contributed by atoms with E-state index in [0.717, 1.165) is 19.8 Å². The number of aliphatic hydroxyl groups is 1. The molecule has 0 spiro atoms. The molecule has 1 atom stereocenters. The molecule has 0 saturated heterocycles. The summed E-state index contributed by atoms with van der Waals surface area (Å²) in [6.45, 7) is 11.0. The highest BCUT2D eigenvalue weighted by Crippen LogP contribution is 1.99. The van der Waals surface area contributed by atoms with E-state index in [0.29, 0.717) is 11.8 Å². The van der Waals surface area contributed by atoms with Crippen LogP contribution >= 0.6 is 0 Å². The summed E-state index contributed by atoms with van der Waals surface area (Å²) in [5, 5.41) is 12.3. The number of nitrogens with one attached hydrogen (secondary N) is 1. The van der Waals surface area contributed by atoms with Crippen LogP contribution in [0.1, 0.15) is 27.7 Å². The first-order chi connectivity index (χ1) is 6.57. The van der Waals surface area contributed by atoms with Gasteiger partial charge in [-0.25, -0.2) is 0 Å². The zero-order chi connectivity index (χ0) is 11.0. The molecule has 0 aromatic carbocycles. The third-order valence-electron chi connectivity index (χ3n) is 2.11. The summed E-state index contributed by atoms with van der Waals surface area (Å²) < 4.78 is 5.43. The van der Waals surface area contributed by atoms with E-state index in [1.54, 1.807) is 0 Å². The Hall–Kier alpha value is -0.120. The minimum Gasteiger partial charge on any atom is -0.395 e. The Bertz CT molecular complexity index is 126. The van der Waals surface area contributed by atoms with Crippen LogP contribution in [0.25, 0.3) is 0 Å². The molecule has 0 bridgehead atoms. The van der Waals surface area contributed by atoms with Gasteiger partial charge in [0.1, 0.15) is 0 Å². The molecule has 0 aromatic heterocycles. The van der Waals surface area contributed by atoms with Crippen molar-refractivity contribution in [2.24, 2.45) is 11.8 Å². The highest BCUT2D eigenvalue weighted by molar-refractivity contribution is 4.68. The second-order valence-electron chi connectivity index (χ2n) is 4.46. The molecule has 0 rings (SSSR count). The van der Waals surface area contributed by atoms with Gasteiger partial charge in [-0.15, -0.1) is 0 Å². The SMILES string of the molecule is CC(C)COCCNC(CO)C(C)C. The topological polar surface area (TPSA) is 41.5 Å². The molecule has 14 heavy (non-hydrogen) atoms. The van der Waals surface area contributed by atoms with Crippen molar-refractivity contribution in [3.05, 3.63) is 0 Å². The average Bonchev–Trinajstić information content (AvgIpc) is 2.10. The highest BCUT2D eigenvalue weighted by Gasteiger charge is 2.10. The molecule has 0 aliphatic rings. The zero-order valence-corrected chi connectivity index (χ0v) is 9.92. The van der Waals surface area contributed by atoms with Gasteiger partial charge in [0.2, 0.25) is 0 Å². The number of hydrogen-bond donors (Lipinski definition) is 2. The van der Waals surface area contributed by atoms with E-state index in [1.807, 2.05) is 0 Å². The molecule has 0 aromatic rings. The summed E-state index contributed by atoms with van der Waals surface area (Å²) in [6.07, 6.45) is 0. The second kappa shape index (κ2) is 8.21. The molecule has 0 heterocycles.